The van der Waals surface area contributed by atoms with Crippen LogP contribution in [0.2, 0.25) is 0 Å². The van der Waals surface area contributed by atoms with Crippen LogP contribution >= 0.6 is 27.3 Å². The molecule has 3 nitrogen and oxygen atoms in total. The van der Waals surface area contributed by atoms with Gasteiger partial charge in [-0.15, -0.1) is 0 Å². The molecule has 2 aromatic carbocycles. The van der Waals surface area contributed by atoms with Gasteiger partial charge in [-0.25, -0.2) is 9.38 Å². The second-order valence-electron chi connectivity index (χ2n) is 6.97. The average Bonchev–Trinajstić information content (AvgIpc) is 3.11. The SMILES string of the molecule is Cc1cc2c(nc3s/c(=C\c4ccc(C(C)C)cc4)c(=O)n32)c(Br)c1C. The van der Waals surface area contributed by atoms with Crippen LogP contribution in [0.15, 0.2) is 39.6 Å². The maximum Gasteiger partial charge on any atom is 0.274 e. The van der Waals surface area contributed by atoms with Crippen molar-refractivity contribution in [3.63, 3.8) is 0 Å². The minimum Gasteiger partial charge on any atom is -0.267 e. The third kappa shape index (κ3) is 2.70. The first kappa shape index (κ1) is 17.4. The molecule has 0 fully saturated rings. The molecule has 0 aliphatic rings. The maximum absolute atomic E-state index is 13.0. The van der Waals surface area contributed by atoms with E-state index in [1.165, 1.54) is 16.9 Å². The standard InChI is InChI=1S/C21H19BrN2OS/c1-11(2)15-7-5-14(6-8-15)10-17-20(25)24-16-9-12(3)13(4)18(22)19(16)23-21(24)26-17/h5-11H,1-4H3/b17-10-. The maximum atomic E-state index is 13.0. The molecule has 26 heavy (non-hydrogen) atoms. The van der Waals surface area contributed by atoms with Crippen LogP contribution in [0.5, 0.6) is 0 Å². The van der Waals surface area contributed by atoms with Gasteiger partial charge in [0.1, 0.15) is 5.52 Å². The molecule has 0 atom stereocenters. The molecule has 0 unspecified atom stereocenters. The van der Waals surface area contributed by atoms with Crippen LogP contribution in [0.25, 0.3) is 22.1 Å². The lowest BCUT2D eigenvalue weighted by Crippen LogP contribution is -2.22. The van der Waals surface area contributed by atoms with E-state index in [4.69, 9.17) is 4.98 Å². The summed E-state index contributed by atoms with van der Waals surface area (Å²) in [5.41, 5.74) is 6.35. The number of hydrogen-bond acceptors (Lipinski definition) is 3. The Morgan fingerprint density at radius 2 is 1.88 bits per heavy atom. The fraction of sp³-hybridized carbons (Fsp3) is 0.238. The lowest BCUT2D eigenvalue weighted by Gasteiger charge is -2.04. The van der Waals surface area contributed by atoms with E-state index in [-0.39, 0.29) is 5.56 Å². The number of halogens is 1. The summed E-state index contributed by atoms with van der Waals surface area (Å²) in [7, 11) is 0. The molecule has 2 aromatic heterocycles. The summed E-state index contributed by atoms with van der Waals surface area (Å²) in [6, 6.07) is 10.4. The van der Waals surface area contributed by atoms with Gasteiger partial charge in [-0.1, -0.05) is 49.4 Å². The Bertz CT molecular complexity index is 1250. The number of benzene rings is 2. The lowest BCUT2D eigenvalue weighted by molar-refractivity contribution is 0.866. The van der Waals surface area contributed by atoms with E-state index in [1.54, 1.807) is 4.40 Å². The summed E-state index contributed by atoms with van der Waals surface area (Å²) < 4.78 is 3.41. The molecule has 0 amide bonds. The highest BCUT2D eigenvalue weighted by Gasteiger charge is 2.15. The van der Waals surface area contributed by atoms with Gasteiger partial charge in [0.25, 0.3) is 5.56 Å². The van der Waals surface area contributed by atoms with Crippen molar-refractivity contribution in [1.29, 1.82) is 0 Å². The molecule has 0 saturated heterocycles. The number of imidazole rings is 1. The van der Waals surface area contributed by atoms with Crippen molar-refractivity contribution in [1.82, 2.24) is 9.38 Å². The second-order valence-corrected chi connectivity index (χ2v) is 8.77. The predicted octanol–water partition coefficient (Wildman–Crippen LogP) is 4.96. The fourth-order valence-corrected chi connectivity index (χ4v) is 4.69. The molecule has 4 rings (SSSR count). The van der Waals surface area contributed by atoms with E-state index in [9.17, 15) is 4.79 Å². The summed E-state index contributed by atoms with van der Waals surface area (Å²) in [4.78, 5) is 18.4. The minimum atomic E-state index is -0.00408. The first-order chi connectivity index (χ1) is 12.4. The predicted molar refractivity (Wildman–Crippen MR) is 113 cm³/mol. The van der Waals surface area contributed by atoms with E-state index in [2.05, 4.69) is 67.9 Å². The zero-order valence-corrected chi connectivity index (χ0v) is 17.5. The van der Waals surface area contributed by atoms with Crippen molar-refractivity contribution in [2.75, 3.05) is 0 Å². The molecule has 5 heteroatoms. The van der Waals surface area contributed by atoms with Crippen molar-refractivity contribution in [2.24, 2.45) is 0 Å². The van der Waals surface area contributed by atoms with Crippen LogP contribution in [-0.4, -0.2) is 9.38 Å². The van der Waals surface area contributed by atoms with Gasteiger partial charge in [0.2, 0.25) is 0 Å². The van der Waals surface area contributed by atoms with Gasteiger partial charge in [-0.05, 0) is 70.1 Å². The number of hydrogen-bond donors (Lipinski definition) is 0. The molecule has 0 N–H and O–H groups in total. The third-order valence-corrected chi connectivity index (χ3v) is 6.82. The highest BCUT2D eigenvalue weighted by Crippen LogP contribution is 2.30. The number of aryl methyl sites for hydroxylation is 1. The zero-order valence-electron chi connectivity index (χ0n) is 15.1. The molecular formula is C21H19BrN2OS. The fourth-order valence-electron chi connectivity index (χ4n) is 3.11. The largest absolute Gasteiger partial charge is 0.274 e. The lowest BCUT2D eigenvalue weighted by atomic mass is 10.0. The van der Waals surface area contributed by atoms with E-state index in [0.29, 0.717) is 10.5 Å². The third-order valence-electron chi connectivity index (χ3n) is 4.88. The average molecular weight is 427 g/mol. The summed E-state index contributed by atoms with van der Waals surface area (Å²) in [6.45, 7) is 8.47. The number of nitrogens with zero attached hydrogens (tertiary/aromatic N) is 2. The molecule has 0 radical (unpaired) electrons. The first-order valence-corrected chi connectivity index (χ1v) is 10.2. The molecule has 4 aromatic rings. The van der Waals surface area contributed by atoms with E-state index >= 15 is 0 Å². The van der Waals surface area contributed by atoms with Gasteiger partial charge in [-0.2, -0.15) is 0 Å². The van der Waals surface area contributed by atoms with Crippen LogP contribution in [0, 0.1) is 13.8 Å². The van der Waals surface area contributed by atoms with Crippen molar-refractivity contribution < 1.29 is 0 Å². The van der Waals surface area contributed by atoms with Gasteiger partial charge in [0.15, 0.2) is 4.96 Å². The molecule has 0 spiro atoms. The van der Waals surface area contributed by atoms with Gasteiger partial charge in [0, 0.05) is 4.47 Å². The van der Waals surface area contributed by atoms with Gasteiger partial charge < -0.3 is 0 Å². The Kier molecular flexibility index (Phi) is 4.24. The molecule has 0 saturated carbocycles. The molecule has 0 aliphatic heterocycles. The van der Waals surface area contributed by atoms with E-state index < -0.39 is 0 Å². The monoisotopic (exact) mass is 426 g/mol. The Labute approximate surface area is 164 Å². The van der Waals surface area contributed by atoms with Crippen LogP contribution < -0.4 is 10.1 Å². The molecule has 0 aliphatic carbocycles. The topological polar surface area (TPSA) is 34.4 Å². The van der Waals surface area contributed by atoms with Crippen LogP contribution in [0.3, 0.4) is 0 Å². The quantitative estimate of drug-likeness (QED) is 0.453. The zero-order chi connectivity index (χ0) is 18.6. The van der Waals surface area contributed by atoms with Gasteiger partial charge >= 0.3 is 0 Å². The number of aromatic nitrogens is 2. The van der Waals surface area contributed by atoms with Crippen LogP contribution in [0.1, 0.15) is 42.0 Å². The molecular weight excluding hydrogens is 408 g/mol. The molecule has 2 heterocycles. The van der Waals surface area contributed by atoms with E-state index in [1.807, 2.05) is 12.1 Å². The Morgan fingerprint density at radius 1 is 1.19 bits per heavy atom. The minimum absolute atomic E-state index is 0.00408. The number of fused-ring (bicyclic) bond motifs is 3. The van der Waals surface area contributed by atoms with Crippen molar-refractivity contribution in [3.8, 4) is 0 Å². The first-order valence-electron chi connectivity index (χ1n) is 8.59. The van der Waals surface area contributed by atoms with Crippen molar-refractivity contribution in [3.05, 3.63) is 71.9 Å². The molecule has 132 valence electrons. The molecule has 0 bridgehead atoms. The van der Waals surface area contributed by atoms with Gasteiger partial charge in [-0.3, -0.25) is 4.79 Å². The summed E-state index contributed by atoms with van der Waals surface area (Å²) >= 11 is 5.07. The van der Waals surface area contributed by atoms with Gasteiger partial charge in [0.05, 0.1) is 10.0 Å². The number of thiazole rings is 1. The highest BCUT2D eigenvalue weighted by atomic mass is 79.9. The smallest absolute Gasteiger partial charge is 0.267 e. The Hall–Kier alpha value is -1.98. The highest BCUT2D eigenvalue weighted by molar-refractivity contribution is 9.10. The van der Waals surface area contributed by atoms with Crippen LogP contribution in [-0.2, 0) is 0 Å². The van der Waals surface area contributed by atoms with Crippen LogP contribution in [0.4, 0.5) is 0 Å². The Morgan fingerprint density at radius 3 is 2.54 bits per heavy atom. The summed E-state index contributed by atoms with van der Waals surface area (Å²) in [5.74, 6) is 0.501. The summed E-state index contributed by atoms with van der Waals surface area (Å²) in [6.07, 6.45) is 1.95. The van der Waals surface area contributed by atoms with Crippen molar-refractivity contribution >= 4 is 49.3 Å². The number of rotatable bonds is 2. The second kappa shape index (κ2) is 6.32. The van der Waals surface area contributed by atoms with E-state index in [0.717, 1.165) is 37.2 Å². The normalized spacial score (nSPS) is 12.8. The Balaban J connectivity index is 1.92. The van der Waals surface area contributed by atoms with Crippen molar-refractivity contribution in [2.45, 2.75) is 33.6 Å². The summed E-state index contributed by atoms with van der Waals surface area (Å²) in [5, 5.41) is 0.